The fourth-order valence-corrected chi connectivity index (χ4v) is 2.50. The Hall–Kier alpha value is -3.00. The summed E-state index contributed by atoms with van der Waals surface area (Å²) < 4.78 is 7.25. The summed E-state index contributed by atoms with van der Waals surface area (Å²) in [4.78, 5) is 11.7. The summed E-state index contributed by atoms with van der Waals surface area (Å²) >= 11 is 0. The van der Waals surface area contributed by atoms with E-state index in [-0.39, 0.29) is 11.5 Å². The summed E-state index contributed by atoms with van der Waals surface area (Å²) in [7, 11) is 3.14. The van der Waals surface area contributed by atoms with Crippen molar-refractivity contribution in [2.75, 3.05) is 14.2 Å². The normalized spacial score (nSPS) is 11.0. The van der Waals surface area contributed by atoms with Crippen LogP contribution in [0.3, 0.4) is 0 Å². The zero-order valence-electron chi connectivity index (χ0n) is 13.7. The number of likely N-dealkylation sites (N-methyl/N-ethyl adjacent to an activating group) is 1. The van der Waals surface area contributed by atoms with E-state index in [1.807, 2.05) is 50.2 Å². The van der Waals surface area contributed by atoms with Gasteiger partial charge in [-0.3, -0.25) is 4.79 Å². The number of ether oxygens (including phenoxy) is 1. The summed E-state index contributed by atoms with van der Waals surface area (Å²) in [5.74, 6) is 0.407. The minimum Gasteiger partial charge on any atom is -0.497 e. The molecule has 2 aromatic rings. The van der Waals surface area contributed by atoms with Gasteiger partial charge in [0.2, 0.25) is 0 Å². The van der Waals surface area contributed by atoms with Gasteiger partial charge in [0.25, 0.3) is 5.91 Å². The van der Waals surface area contributed by atoms with Crippen LogP contribution in [0.15, 0.2) is 35.9 Å². The van der Waals surface area contributed by atoms with E-state index in [9.17, 15) is 4.79 Å². The molecule has 0 atom stereocenters. The molecule has 118 valence electrons. The Bertz CT molecular complexity index is 793. The first-order valence-corrected chi connectivity index (χ1v) is 7.19. The minimum absolute atomic E-state index is 0.0856. The number of rotatable bonds is 4. The van der Waals surface area contributed by atoms with Crippen molar-refractivity contribution in [2.24, 2.45) is 0 Å². The van der Waals surface area contributed by atoms with Gasteiger partial charge in [-0.05, 0) is 55.8 Å². The van der Waals surface area contributed by atoms with Crippen LogP contribution in [0, 0.1) is 25.2 Å². The number of carbonyl (C=O) groups is 1. The second kappa shape index (κ2) is 6.84. The first-order chi connectivity index (χ1) is 11.0. The van der Waals surface area contributed by atoms with E-state index >= 15 is 0 Å². The quantitative estimate of drug-likeness (QED) is 0.697. The highest BCUT2D eigenvalue weighted by molar-refractivity contribution is 6.01. The van der Waals surface area contributed by atoms with Crippen molar-refractivity contribution in [3.8, 4) is 17.5 Å². The maximum atomic E-state index is 11.7. The van der Waals surface area contributed by atoms with Gasteiger partial charge in [0, 0.05) is 24.1 Å². The van der Waals surface area contributed by atoms with Gasteiger partial charge in [0.05, 0.1) is 7.11 Å². The minimum atomic E-state index is -0.387. The Morgan fingerprint density at radius 3 is 2.48 bits per heavy atom. The van der Waals surface area contributed by atoms with Crippen molar-refractivity contribution in [3.05, 3.63) is 52.9 Å². The lowest BCUT2D eigenvalue weighted by Gasteiger charge is -2.10. The topological polar surface area (TPSA) is 67.0 Å². The average Bonchev–Trinajstić information content (AvgIpc) is 2.85. The van der Waals surface area contributed by atoms with Gasteiger partial charge in [0.1, 0.15) is 17.4 Å². The molecule has 1 N–H and O–H groups in total. The fourth-order valence-electron chi connectivity index (χ4n) is 2.50. The molecule has 0 aliphatic heterocycles. The lowest BCUT2D eigenvalue weighted by atomic mass is 10.1. The summed E-state index contributed by atoms with van der Waals surface area (Å²) in [6.45, 7) is 3.95. The van der Waals surface area contributed by atoms with Crippen LogP contribution in [0.25, 0.3) is 11.8 Å². The Labute approximate surface area is 135 Å². The molecule has 0 spiro atoms. The molecule has 5 nitrogen and oxygen atoms in total. The number of nitrogens with zero attached hydrogens (tertiary/aromatic N) is 2. The average molecular weight is 309 g/mol. The van der Waals surface area contributed by atoms with E-state index in [0.29, 0.717) is 0 Å². The lowest BCUT2D eigenvalue weighted by Crippen LogP contribution is -2.19. The van der Waals surface area contributed by atoms with Crippen molar-refractivity contribution in [1.29, 1.82) is 5.26 Å². The first kappa shape index (κ1) is 16.4. The van der Waals surface area contributed by atoms with Gasteiger partial charge < -0.3 is 14.6 Å². The van der Waals surface area contributed by atoms with Gasteiger partial charge in [-0.15, -0.1) is 0 Å². The molecule has 1 aromatic heterocycles. The Balaban J connectivity index is 2.49. The fraction of sp³-hybridized carbons (Fsp3) is 0.222. The second-order valence-corrected chi connectivity index (χ2v) is 5.11. The third-order valence-electron chi connectivity index (χ3n) is 3.69. The number of aromatic nitrogens is 1. The van der Waals surface area contributed by atoms with Gasteiger partial charge in [0.15, 0.2) is 0 Å². The Kier molecular flexibility index (Phi) is 4.87. The van der Waals surface area contributed by atoms with E-state index in [1.54, 1.807) is 13.2 Å². The first-order valence-electron chi connectivity index (χ1n) is 7.19. The van der Waals surface area contributed by atoms with E-state index in [2.05, 4.69) is 9.88 Å². The highest BCUT2D eigenvalue weighted by Gasteiger charge is 2.12. The number of hydrogen-bond acceptors (Lipinski definition) is 3. The monoisotopic (exact) mass is 309 g/mol. The van der Waals surface area contributed by atoms with Crippen LogP contribution in [0.1, 0.15) is 17.0 Å². The number of carbonyl (C=O) groups excluding carboxylic acids is 1. The molecule has 0 fully saturated rings. The third-order valence-corrected chi connectivity index (χ3v) is 3.69. The molecule has 2 rings (SSSR count). The van der Waals surface area contributed by atoms with Crippen LogP contribution in [0.5, 0.6) is 5.75 Å². The summed E-state index contributed by atoms with van der Waals surface area (Å²) in [6.07, 6.45) is 1.61. The molecule has 0 aliphatic rings. The van der Waals surface area contributed by atoms with Gasteiger partial charge in [-0.1, -0.05) is 0 Å². The smallest absolute Gasteiger partial charge is 0.261 e. The molecule has 1 aromatic carbocycles. The van der Waals surface area contributed by atoms with Gasteiger partial charge in [-0.2, -0.15) is 5.26 Å². The number of aryl methyl sites for hydroxylation is 1. The van der Waals surface area contributed by atoms with Crippen molar-refractivity contribution in [1.82, 2.24) is 9.88 Å². The number of nitriles is 1. The van der Waals surface area contributed by atoms with E-state index < -0.39 is 0 Å². The maximum Gasteiger partial charge on any atom is 0.261 e. The number of methoxy groups -OCH3 is 1. The molecule has 5 heteroatoms. The van der Waals surface area contributed by atoms with Crippen LogP contribution in [0.4, 0.5) is 0 Å². The third kappa shape index (κ3) is 3.27. The van der Waals surface area contributed by atoms with Crippen LogP contribution in [0.2, 0.25) is 0 Å². The predicted molar refractivity (Wildman–Crippen MR) is 89.5 cm³/mol. The van der Waals surface area contributed by atoms with Gasteiger partial charge in [-0.25, -0.2) is 0 Å². The zero-order valence-corrected chi connectivity index (χ0v) is 13.7. The highest BCUT2D eigenvalue weighted by Crippen LogP contribution is 2.24. The molecule has 23 heavy (non-hydrogen) atoms. The maximum absolute atomic E-state index is 11.7. The second-order valence-electron chi connectivity index (χ2n) is 5.11. The van der Waals surface area contributed by atoms with Gasteiger partial charge >= 0.3 is 0 Å². The molecule has 0 saturated carbocycles. The largest absolute Gasteiger partial charge is 0.497 e. The molecule has 1 heterocycles. The van der Waals surface area contributed by atoms with Crippen LogP contribution in [-0.2, 0) is 4.79 Å². The molecular weight excluding hydrogens is 290 g/mol. The summed E-state index contributed by atoms with van der Waals surface area (Å²) in [5, 5.41) is 11.6. The highest BCUT2D eigenvalue weighted by atomic mass is 16.5. The molecular formula is C18H19N3O2. The van der Waals surface area contributed by atoms with Crippen molar-refractivity contribution >= 4 is 12.0 Å². The Morgan fingerprint density at radius 1 is 1.30 bits per heavy atom. The number of benzene rings is 1. The molecule has 0 radical (unpaired) electrons. The van der Waals surface area contributed by atoms with E-state index in [1.165, 1.54) is 7.05 Å². The predicted octanol–water partition coefficient (Wildman–Crippen LogP) is 2.76. The van der Waals surface area contributed by atoms with E-state index in [4.69, 9.17) is 10.00 Å². The molecule has 0 bridgehead atoms. The van der Waals surface area contributed by atoms with Crippen LogP contribution >= 0.6 is 0 Å². The number of nitrogens with one attached hydrogen (secondary N) is 1. The SMILES string of the molecule is CNC(=O)/C(C#N)=C/c1cc(C)n(-c2ccc(OC)cc2)c1C. The number of hydrogen-bond donors (Lipinski definition) is 1. The molecule has 0 aliphatic carbocycles. The van der Waals surface area contributed by atoms with Crippen LogP contribution in [-0.4, -0.2) is 24.6 Å². The molecule has 1 amide bonds. The van der Waals surface area contributed by atoms with Crippen molar-refractivity contribution in [2.45, 2.75) is 13.8 Å². The lowest BCUT2D eigenvalue weighted by molar-refractivity contribution is -0.116. The molecule has 0 saturated heterocycles. The Morgan fingerprint density at radius 2 is 1.96 bits per heavy atom. The summed E-state index contributed by atoms with van der Waals surface area (Å²) in [6, 6.07) is 11.6. The van der Waals surface area contributed by atoms with Crippen molar-refractivity contribution in [3.63, 3.8) is 0 Å². The van der Waals surface area contributed by atoms with Crippen LogP contribution < -0.4 is 10.1 Å². The van der Waals surface area contributed by atoms with Crippen molar-refractivity contribution < 1.29 is 9.53 Å². The molecule has 0 unspecified atom stereocenters. The summed E-state index contributed by atoms with van der Waals surface area (Å²) in [5.41, 5.74) is 3.91. The number of amides is 1. The zero-order chi connectivity index (χ0) is 17.0. The van der Waals surface area contributed by atoms with E-state index in [0.717, 1.165) is 28.4 Å². The standard InChI is InChI=1S/C18H19N3O2/c1-12-9-14(10-15(11-19)18(22)20-3)13(2)21(12)16-5-7-17(23-4)8-6-16/h5-10H,1-4H3,(H,20,22)/b15-10+.